The highest BCUT2D eigenvalue weighted by Gasteiger charge is 2.06. The Balaban J connectivity index is 2.03. The lowest BCUT2D eigenvalue weighted by molar-refractivity contribution is 0.269. The molecule has 7 heteroatoms. The molecule has 2 aromatic carbocycles. The zero-order chi connectivity index (χ0) is 18.8. The van der Waals surface area contributed by atoms with Crippen LogP contribution in [0, 0.1) is 0 Å². The largest absolute Gasteiger partial charge is 0.490 e. The maximum Gasteiger partial charge on any atom is 0.186 e. The number of benzene rings is 2. The zero-order valence-corrected chi connectivity index (χ0v) is 16.4. The minimum atomic E-state index is 0.434. The molecule has 2 N–H and O–H groups in total. The molecule has 0 spiro atoms. The first kappa shape index (κ1) is 20.0. The third-order valence-corrected chi connectivity index (χ3v) is 3.78. The summed E-state index contributed by atoms with van der Waals surface area (Å²) in [5.74, 6) is 1.34. The molecule has 0 aliphatic heterocycles. The Morgan fingerprint density at radius 3 is 2.58 bits per heavy atom. The van der Waals surface area contributed by atoms with Crippen molar-refractivity contribution < 1.29 is 9.47 Å². The van der Waals surface area contributed by atoms with E-state index in [-0.39, 0.29) is 0 Å². The Bertz CT molecular complexity index is 751. The molecular formula is C19H22ClN3O2S. The molecule has 2 aromatic rings. The van der Waals surface area contributed by atoms with Gasteiger partial charge in [-0.2, -0.15) is 5.10 Å². The molecule has 0 amide bonds. The van der Waals surface area contributed by atoms with E-state index in [1.54, 1.807) is 6.21 Å². The SMILES string of the molecule is CCNC(=S)N/N=C\c1ccc(OCc2ccc(Cl)cc2)c(OCC)c1. The molecule has 0 bridgehead atoms. The molecular weight excluding hydrogens is 370 g/mol. The number of hydrogen-bond acceptors (Lipinski definition) is 4. The summed E-state index contributed by atoms with van der Waals surface area (Å²) in [6, 6.07) is 13.2. The highest BCUT2D eigenvalue weighted by atomic mass is 35.5. The predicted molar refractivity (Wildman–Crippen MR) is 110 cm³/mol. The molecule has 0 aromatic heterocycles. The van der Waals surface area contributed by atoms with Gasteiger partial charge in [0.2, 0.25) is 0 Å². The molecule has 0 radical (unpaired) electrons. The smallest absolute Gasteiger partial charge is 0.186 e. The second-order valence-electron chi connectivity index (χ2n) is 5.28. The van der Waals surface area contributed by atoms with Gasteiger partial charge in [-0.25, -0.2) is 0 Å². The fraction of sp³-hybridized carbons (Fsp3) is 0.263. The topological polar surface area (TPSA) is 54.9 Å². The summed E-state index contributed by atoms with van der Waals surface area (Å²) < 4.78 is 11.6. The van der Waals surface area contributed by atoms with E-state index >= 15 is 0 Å². The maximum atomic E-state index is 5.90. The lowest BCUT2D eigenvalue weighted by atomic mass is 10.2. The van der Waals surface area contributed by atoms with E-state index in [4.69, 9.17) is 33.3 Å². The number of rotatable bonds is 8. The number of nitrogens with one attached hydrogen (secondary N) is 2. The second-order valence-corrected chi connectivity index (χ2v) is 6.13. The number of hydrogen-bond donors (Lipinski definition) is 2. The van der Waals surface area contributed by atoms with Gasteiger partial charge in [-0.05, 0) is 67.5 Å². The molecule has 0 atom stereocenters. The third kappa shape index (κ3) is 6.54. The van der Waals surface area contributed by atoms with Crippen molar-refractivity contribution in [2.45, 2.75) is 20.5 Å². The Kier molecular flexibility index (Phi) is 8.18. The van der Waals surface area contributed by atoms with Crippen molar-refractivity contribution >= 4 is 35.1 Å². The summed E-state index contributed by atoms with van der Waals surface area (Å²) in [4.78, 5) is 0. The Labute approximate surface area is 164 Å². The number of nitrogens with zero attached hydrogens (tertiary/aromatic N) is 1. The average Bonchev–Trinajstić information content (AvgIpc) is 2.63. The van der Waals surface area contributed by atoms with Gasteiger partial charge in [0.25, 0.3) is 0 Å². The number of ether oxygens (including phenoxy) is 2. The van der Waals surface area contributed by atoms with Gasteiger partial charge >= 0.3 is 0 Å². The Morgan fingerprint density at radius 2 is 1.88 bits per heavy atom. The van der Waals surface area contributed by atoms with Crippen LogP contribution in [-0.2, 0) is 6.61 Å². The molecule has 26 heavy (non-hydrogen) atoms. The minimum Gasteiger partial charge on any atom is -0.490 e. The van der Waals surface area contributed by atoms with Gasteiger partial charge in [0, 0.05) is 11.6 Å². The Morgan fingerprint density at radius 1 is 1.12 bits per heavy atom. The number of thiocarbonyl (C=S) groups is 1. The van der Waals surface area contributed by atoms with Crippen LogP contribution in [0.4, 0.5) is 0 Å². The van der Waals surface area contributed by atoms with Gasteiger partial charge in [0.05, 0.1) is 12.8 Å². The first-order valence-electron chi connectivity index (χ1n) is 8.33. The van der Waals surface area contributed by atoms with Crippen LogP contribution in [0.2, 0.25) is 5.02 Å². The number of halogens is 1. The molecule has 0 aliphatic carbocycles. The van der Waals surface area contributed by atoms with Crippen molar-refractivity contribution in [3.63, 3.8) is 0 Å². The van der Waals surface area contributed by atoms with Gasteiger partial charge in [-0.3, -0.25) is 5.43 Å². The van der Waals surface area contributed by atoms with Gasteiger partial charge in [0.15, 0.2) is 16.6 Å². The second kappa shape index (κ2) is 10.6. The monoisotopic (exact) mass is 391 g/mol. The van der Waals surface area contributed by atoms with Crippen LogP contribution >= 0.6 is 23.8 Å². The summed E-state index contributed by atoms with van der Waals surface area (Å²) in [6.45, 7) is 5.62. The average molecular weight is 392 g/mol. The summed E-state index contributed by atoms with van der Waals surface area (Å²) in [5.41, 5.74) is 4.66. The van der Waals surface area contributed by atoms with Gasteiger partial charge < -0.3 is 14.8 Å². The summed E-state index contributed by atoms with van der Waals surface area (Å²) in [5, 5.41) is 8.25. The van der Waals surface area contributed by atoms with Crippen molar-refractivity contribution in [1.82, 2.24) is 10.7 Å². The molecule has 2 rings (SSSR count). The van der Waals surface area contributed by atoms with Crippen LogP contribution in [0.5, 0.6) is 11.5 Å². The molecule has 0 saturated carbocycles. The highest BCUT2D eigenvalue weighted by molar-refractivity contribution is 7.80. The predicted octanol–water partition coefficient (Wildman–Crippen LogP) is 4.14. The fourth-order valence-corrected chi connectivity index (χ4v) is 2.42. The minimum absolute atomic E-state index is 0.434. The van der Waals surface area contributed by atoms with Crippen LogP contribution in [0.3, 0.4) is 0 Å². The molecule has 0 unspecified atom stereocenters. The van der Waals surface area contributed by atoms with Gasteiger partial charge in [-0.15, -0.1) is 0 Å². The highest BCUT2D eigenvalue weighted by Crippen LogP contribution is 2.29. The van der Waals surface area contributed by atoms with Gasteiger partial charge in [0.1, 0.15) is 6.61 Å². The standard InChI is InChI=1S/C19H22ClN3O2S/c1-3-21-19(26)23-22-12-15-7-10-17(18(11-15)24-4-2)25-13-14-5-8-16(20)9-6-14/h5-12H,3-4,13H2,1-2H3,(H2,21,23,26)/b22-12-. The van der Waals surface area contributed by atoms with Crippen molar-refractivity contribution in [1.29, 1.82) is 0 Å². The molecule has 138 valence electrons. The molecule has 5 nitrogen and oxygen atoms in total. The lowest BCUT2D eigenvalue weighted by Crippen LogP contribution is -2.31. The van der Waals surface area contributed by atoms with Crippen LogP contribution in [-0.4, -0.2) is 24.5 Å². The van der Waals surface area contributed by atoms with Crippen molar-refractivity contribution in [3.05, 3.63) is 58.6 Å². The fourth-order valence-electron chi connectivity index (χ4n) is 2.10. The van der Waals surface area contributed by atoms with Crippen molar-refractivity contribution in [2.24, 2.45) is 5.10 Å². The van der Waals surface area contributed by atoms with Crippen LogP contribution in [0.25, 0.3) is 0 Å². The van der Waals surface area contributed by atoms with E-state index in [0.717, 1.165) is 17.7 Å². The molecule has 0 aliphatic rings. The van der Waals surface area contributed by atoms with E-state index in [9.17, 15) is 0 Å². The first-order chi connectivity index (χ1) is 12.6. The van der Waals surface area contributed by atoms with E-state index in [1.807, 2.05) is 56.3 Å². The van der Waals surface area contributed by atoms with Crippen LogP contribution < -0.4 is 20.2 Å². The summed E-state index contributed by atoms with van der Waals surface area (Å²) in [6.07, 6.45) is 1.68. The number of hydrazone groups is 1. The van der Waals surface area contributed by atoms with Crippen molar-refractivity contribution in [2.75, 3.05) is 13.2 Å². The Hall–Kier alpha value is -2.31. The van der Waals surface area contributed by atoms with Crippen LogP contribution in [0.15, 0.2) is 47.6 Å². The van der Waals surface area contributed by atoms with E-state index in [1.165, 1.54) is 0 Å². The van der Waals surface area contributed by atoms with Gasteiger partial charge in [-0.1, -0.05) is 23.7 Å². The molecule has 0 saturated heterocycles. The lowest BCUT2D eigenvalue weighted by Gasteiger charge is -2.12. The van der Waals surface area contributed by atoms with Crippen LogP contribution in [0.1, 0.15) is 25.0 Å². The van der Waals surface area contributed by atoms with E-state index in [2.05, 4.69) is 15.8 Å². The van der Waals surface area contributed by atoms with E-state index < -0.39 is 0 Å². The third-order valence-electron chi connectivity index (χ3n) is 3.29. The maximum absolute atomic E-state index is 5.90. The van der Waals surface area contributed by atoms with E-state index in [0.29, 0.717) is 34.8 Å². The normalized spacial score (nSPS) is 10.6. The molecule has 0 fully saturated rings. The van der Waals surface area contributed by atoms with Crippen molar-refractivity contribution in [3.8, 4) is 11.5 Å². The molecule has 0 heterocycles. The zero-order valence-electron chi connectivity index (χ0n) is 14.8. The summed E-state index contributed by atoms with van der Waals surface area (Å²) >= 11 is 11.0. The first-order valence-corrected chi connectivity index (χ1v) is 9.12. The quantitative estimate of drug-likeness (QED) is 0.402. The summed E-state index contributed by atoms with van der Waals surface area (Å²) in [7, 11) is 0.